The Hall–Kier alpha value is -3.24. The number of aryl methyl sites for hydroxylation is 2. The van der Waals surface area contributed by atoms with E-state index in [0.717, 1.165) is 28.5 Å². The highest BCUT2D eigenvalue weighted by molar-refractivity contribution is 7.14. The number of hydrogen-bond donors (Lipinski definition) is 0. The van der Waals surface area contributed by atoms with Crippen molar-refractivity contribution in [2.24, 2.45) is 5.10 Å². The fraction of sp³-hybridized carbons (Fsp3) is 0.154. The van der Waals surface area contributed by atoms with Crippen LogP contribution in [-0.4, -0.2) is 10.7 Å². The Morgan fingerprint density at radius 3 is 2.30 bits per heavy atom. The molecule has 30 heavy (non-hydrogen) atoms. The van der Waals surface area contributed by atoms with Crippen LogP contribution in [0.1, 0.15) is 34.7 Å². The third-order valence-corrected chi connectivity index (χ3v) is 6.52. The summed E-state index contributed by atoms with van der Waals surface area (Å²) in [4.78, 5) is 4.97. The van der Waals surface area contributed by atoms with Crippen LogP contribution in [-0.2, 0) is 0 Å². The molecule has 4 aromatic rings. The molecule has 5 rings (SSSR count). The molecule has 0 fully saturated rings. The van der Waals surface area contributed by atoms with Gasteiger partial charge in [-0.05, 0) is 42.2 Å². The summed E-state index contributed by atoms with van der Waals surface area (Å²) in [6.07, 6.45) is 0.868. The van der Waals surface area contributed by atoms with Crippen molar-refractivity contribution >= 4 is 22.2 Å². The van der Waals surface area contributed by atoms with E-state index in [4.69, 9.17) is 10.1 Å². The van der Waals surface area contributed by atoms with E-state index in [-0.39, 0.29) is 6.04 Å². The Morgan fingerprint density at radius 1 is 0.833 bits per heavy atom. The minimum Gasteiger partial charge on any atom is -0.231 e. The first kappa shape index (κ1) is 18.8. The number of nitrogens with zero attached hydrogens (tertiary/aromatic N) is 3. The van der Waals surface area contributed by atoms with E-state index in [2.05, 4.69) is 97.0 Å². The first-order valence-corrected chi connectivity index (χ1v) is 11.1. The van der Waals surface area contributed by atoms with Crippen LogP contribution in [0.3, 0.4) is 0 Å². The van der Waals surface area contributed by atoms with Gasteiger partial charge in [-0.25, -0.2) is 9.99 Å². The van der Waals surface area contributed by atoms with E-state index in [1.165, 1.54) is 22.3 Å². The molecule has 0 unspecified atom stereocenters. The van der Waals surface area contributed by atoms with Crippen LogP contribution >= 0.6 is 11.3 Å². The summed E-state index contributed by atoms with van der Waals surface area (Å²) in [5, 5.41) is 10.2. The number of anilines is 1. The fourth-order valence-electron chi connectivity index (χ4n) is 3.83. The minimum absolute atomic E-state index is 0.153. The SMILES string of the molecule is Cc1ccc(-c2csc(N3N=C(c4ccccc4)C[C@@H]3c3ccccc3)n2)cc1C. The van der Waals surface area contributed by atoms with Crippen LogP contribution in [0.25, 0.3) is 11.3 Å². The van der Waals surface area contributed by atoms with Crippen molar-refractivity contribution in [1.29, 1.82) is 0 Å². The van der Waals surface area contributed by atoms with E-state index in [1.54, 1.807) is 11.3 Å². The van der Waals surface area contributed by atoms with Gasteiger partial charge in [0.2, 0.25) is 5.13 Å². The molecule has 1 aliphatic rings. The molecule has 0 saturated heterocycles. The highest BCUT2D eigenvalue weighted by atomic mass is 32.1. The Morgan fingerprint density at radius 2 is 1.57 bits per heavy atom. The molecular weight excluding hydrogens is 386 g/mol. The summed E-state index contributed by atoms with van der Waals surface area (Å²) < 4.78 is 0. The second kappa shape index (κ2) is 7.88. The van der Waals surface area contributed by atoms with Crippen LogP contribution < -0.4 is 5.01 Å². The van der Waals surface area contributed by atoms with Gasteiger partial charge in [0.05, 0.1) is 17.4 Å². The lowest BCUT2D eigenvalue weighted by atomic mass is 9.99. The monoisotopic (exact) mass is 409 g/mol. The molecule has 4 heteroatoms. The van der Waals surface area contributed by atoms with Gasteiger partial charge in [-0.3, -0.25) is 0 Å². The molecule has 0 bridgehead atoms. The summed E-state index contributed by atoms with van der Waals surface area (Å²) in [6.45, 7) is 4.29. The van der Waals surface area contributed by atoms with Crippen molar-refractivity contribution in [3.8, 4) is 11.3 Å². The van der Waals surface area contributed by atoms with Crippen LogP contribution in [0, 0.1) is 13.8 Å². The molecule has 148 valence electrons. The Bertz CT molecular complexity index is 1200. The van der Waals surface area contributed by atoms with Gasteiger partial charge in [0.1, 0.15) is 0 Å². The third kappa shape index (κ3) is 3.55. The van der Waals surface area contributed by atoms with Crippen molar-refractivity contribution in [3.63, 3.8) is 0 Å². The summed E-state index contributed by atoms with van der Waals surface area (Å²) in [7, 11) is 0. The first-order valence-electron chi connectivity index (χ1n) is 10.2. The standard InChI is InChI=1S/C26H23N3S/c1-18-13-14-22(15-19(18)2)24-17-30-26(27-24)29-25(21-11-7-4-8-12-21)16-23(28-29)20-9-5-3-6-10-20/h3-15,17,25H,16H2,1-2H3/t25-/m1/s1. The van der Waals surface area contributed by atoms with Gasteiger partial charge in [0, 0.05) is 17.4 Å². The molecule has 1 aromatic heterocycles. The average Bonchev–Trinajstić information content (AvgIpc) is 3.44. The van der Waals surface area contributed by atoms with Crippen molar-refractivity contribution in [1.82, 2.24) is 4.98 Å². The predicted molar refractivity (Wildman–Crippen MR) is 126 cm³/mol. The molecule has 0 saturated carbocycles. The van der Waals surface area contributed by atoms with Gasteiger partial charge < -0.3 is 0 Å². The first-order chi connectivity index (χ1) is 14.7. The maximum absolute atomic E-state index is 5.02. The predicted octanol–water partition coefficient (Wildman–Crippen LogP) is 6.78. The zero-order valence-corrected chi connectivity index (χ0v) is 17.9. The number of benzene rings is 3. The van der Waals surface area contributed by atoms with E-state index in [1.807, 2.05) is 6.07 Å². The highest BCUT2D eigenvalue weighted by Crippen LogP contribution is 2.39. The minimum atomic E-state index is 0.153. The number of aromatic nitrogens is 1. The van der Waals surface area contributed by atoms with Crippen molar-refractivity contribution in [2.45, 2.75) is 26.3 Å². The molecule has 0 spiro atoms. The second-order valence-electron chi connectivity index (χ2n) is 7.70. The molecule has 2 heterocycles. The molecule has 0 amide bonds. The lowest BCUT2D eigenvalue weighted by molar-refractivity contribution is 0.706. The van der Waals surface area contributed by atoms with Gasteiger partial charge in [-0.15, -0.1) is 11.3 Å². The van der Waals surface area contributed by atoms with Gasteiger partial charge in [0.15, 0.2) is 0 Å². The number of thiazole rings is 1. The highest BCUT2D eigenvalue weighted by Gasteiger charge is 2.31. The molecule has 1 aliphatic heterocycles. The van der Waals surface area contributed by atoms with Crippen molar-refractivity contribution in [2.75, 3.05) is 5.01 Å². The lowest BCUT2D eigenvalue weighted by Crippen LogP contribution is -2.18. The summed E-state index contributed by atoms with van der Waals surface area (Å²) in [5.41, 5.74) is 8.29. The Labute approximate surface area is 181 Å². The zero-order chi connectivity index (χ0) is 20.5. The molecule has 3 aromatic carbocycles. The summed E-state index contributed by atoms with van der Waals surface area (Å²) >= 11 is 1.66. The zero-order valence-electron chi connectivity index (χ0n) is 17.1. The van der Waals surface area contributed by atoms with Gasteiger partial charge >= 0.3 is 0 Å². The largest absolute Gasteiger partial charge is 0.231 e. The van der Waals surface area contributed by atoms with E-state index >= 15 is 0 Å². The molecule has 3 nitrogen and oxygen atoms in total. The fourth-order valence-corrected chi connectivity index (χ4v) is 4.66. The van der Waals surface area contributed by atoms with Crippen molar-refractivity contribution < 1.29 is 0 Å². The maximum Gasteiger partial charge on any atom is 0.207 e. The van der Waals surface area contributed by atoms with Crippen LogP contribution in [0.5, 0.6) is 0 Å². The van der Waals surface area contributed by atoms with E-state index in [0.29, 0.717) is 0 Å². The van der Waals surface area contributed by atoms with E-state index in [9.17, 15) is 0 Å². The van der Waals surface area contributed by atoms with Crippen LogP contribution in [0.15, 0.2) is 89.3 Å². The van der Waals surface area contributed by atoms with Gasteiger partial charge in [0.25, 0.3) is 0 Å². The second-order valence-corrected chi connectivity index (χ2v) is 8.54. The summed E-state index contributed by atoms with van der Waals surface area (Å²) in [5.74, 6) is 0. The van der Waals surface area contributed by atoms with Gasteiger partial charge in [-0.2, -0.15) is 5.10 Å². The molecule has 0 aliphatic carbocycles. The van der Waals surface area contributed by atoms with Gasteiger partial charge in [-0.1, -0.05) is 72.8 Å². The quantitative estimate of drug-likeness (QED) is 0.371. The third-order valence-electron chi connectivity index (χ3n) is 5.69. The smallest absolute Gasteiger partial charge is 0.207 e. The molecular formula is C26H23N3S. The topological polar surface area (TPSA) is 28.5 Å². The summed E-state index contributed by atoms with van der Waals surface area (Å²) in [6, 6.07) is 27.7. The number of hydrazone groups is 1. The van der Waals surface area contributed by atoms with Crippen LogP contribution in [0.2, 0.25) is 0 Å². The van der Waals surface area contributed by atoms with Crippen LogP contribution in [0.4, 0.5) is 5.13 Å². The molecule has 1 atom stereocenters. The maximum atomic E-state index is 5.02. The van der Waals surface area contributed by atoms with E-state index < -0.39 is 0 Å². The normalized spacial score (nSPS) is 16.0. The van der Waals surface area contributed by atoms with Crippen molar-refractivity contribution in [3.05, 3.63) is 106 Å². The average molecular weight is 410 g/mol. The number of rotatable bonds is 4. The lowest BCUT2D eigenvalue weighted by Gasteiger charge is -2.21. The molecule has 0 N–H and O–H groups in total. The number of hydrogen-bond acceptors (Lipinski definition) is 4. The Kier molecular flexibility index (Phi) is 4.93. The molecule has 0 radical (unpaired) electrons. The Balaban J connectivity index is 1.53.